The summed E-state index contributed by atoms with van der Waals surface area (Å²) in [7, 11) is 0. The van der Waals surface area contributed by atoms with E-state index in [4.69, 9.17) is 9.97 Å². The third-order valence-electron chi connectivity index (χ3n) is 13.7. The Morgan fingerprint density at radius 3 is 2.08 bits per heavy atom. The molecule has 0 radical (unpaired) electrons. The van der Waals surface area contributed by atoms with Gasteiger partial charge in [-0.3, -0.25) is 0 Å². The first-order chi connectivity index (χ1) is 24.8. The Labute approximate surface area is 291 Å². The van der Waals surface area contributed by atoms with Crippen molar-refractivity contribution >= 4 is 45.8 Å². The number of rotatable bonds is 1. The summed E-state index contributed by atoms with van der Waals surface area (Å²) in [6.45, 7) is 0. The third-order valence-corrected chi connectivity index (χ3v) is 13.7. The van der Waals surface area contributed by atoms with Gasteiger partial charge in [0.25, 0.3) is 0 Å². The number of anilines is 8. The fourth-order valence-electron chi connectivity index (χ4n) is 12.2. The molecule has 0 N–H and O–H groups in total. The average molecular weight is 647 g/mol. The molecule has 6 atom stereocenters. The smallest absolute Gasteiger partial charge is 0.178 e. The van der Waals surface area contributed by atoms with Crippen LogP contribution >= 0.6 is 0 Å². The van der Waals surface area contributed by atoms with Crippen molar-refractivity contribution in [1.29, 1.82) is 0 Å². The summed E-state index contributed by atoms with van der Waals surface area (Å²) in [6, 6.07) is 46.3. The summed E-state index contributed by atoms with van der Waals surface area (Å²) >= 11 is 0. The lowest BCUT2D eigenvalue weighted by atomic mass is 9.76. The van der Waals surface area contributed by atoms with Crippen molar-refractivity contribution in [1.82, 2.24) is 9.97 Å². The molecule has 1 aromatic heterocycles. The molecule has 5 aromatic carbocycles. The van der Waals surface area contributed by atoms with E-state index in [0.29, 0.717) is 11.8 Å². The molecule has 6 nitrogen and oxygen atoms in total. The molecule has 6 unspecified atom stereocenters. The highest BCUT2D eigenvalue weighted by atomic mass is 15.5. The fraction of sp³-hybridized carbons (Fsp3) is 0.227. The van der Waals surface area contributed by atoms with Crippen LogP contribution in [0.1, 0.15) is 41.0 Å². The second kappa shape index (κ2) is 8.75. The lowest BCUT2D eigenvalue weighted by Crippen LogP contribution is -2.50. The van der Waals surface area contributed by atoms with Gasteiger partial charge in [-0.2, -0.15) is 0 Å². The van der Waals surface area contributed by atoms with Gasteiger partial charge in [0.05, 0.1) is 11.4 Å². The zero-order valence-electron chi connectivity index (χ0n) is 27.5. The van der Waals surface area contributed by atoms with Crippen LogP contribution < -0.4 is 19.6 Å². The zero-order valence-corrected chi connectivity index (χ0v) is 27.5. The van der Waals surface area contributed by atoms with Gasteiger partial charge < -0.3 is 19.6 Å². The maximum atomic E-state index is 5.13. The molecule has 50 heavy (non-hydrogen) atoms. The number of hydrogen-bond donors (Lipinski definition) is 0. The molecule has 14 rings (SSSR count). The monoisotopic (exact) mass is 646 g/mol. The lowest BCUT2D eigenvalue weighted by Gasteiger charge is -2.43. The first-order valence-corrected chi connectivity index (χ1v) is 18.2. The quantitative estimate of drug-likeness (QED) is 0.177. The van der Waals surface area contributed by atoms with Gasteiger partial charge in [0.1, 0.15) is 12.3 Å². The SMILES string of the molecule is c1ccc(N2c3ccccc3N3c4ccccc4C4(CCC23)C2C3Cc5ccc(c3c5)N3c5nccnc5N5c6ccc(cc6)CC24C53)cc1. The number of benzene rings is 5. The fourth-order valence-corrected chi connectivity index (χ4v) is 12.2. The number of aromatic nitrogens is 2. The van der Waals surface area contributed by atoms with E-state index < -0.39 is 0 Å². The van der Waals surface area contributed by atoms with Gasteiger partial charge in [0, 0.05) is 46.0 Å². The minimum atomic E-state index is -0.0788. The predicted molar refractivity (Wildman–Crippen MR) is 197 cm³/mol. The second-order valence-electron chi connectivity index (χ2n) is 15.5. The summed E-state index contributed by atoms with van der Waals surface area (Å²) in [6.07, 6.45) is 8.32. The first-order valence-electron chi connectivity index (χ1n) is 18.2. The molecule has 8 aliphatic rings. The number of para-hydroxylation sites is 4. The summed E-state index contributed by atoms with van der Waals surface area (Å²) in [4.78, 5) is 20.7. The van der Waals surface area contributed by atoms with Gasteiger partial charge in [-0.1, -0.05) is 72.8 Å². The average Bonchev–Trinajstić information content (AvgIpc) is 3.33. The zero-order chi connectivity index (χ0) is 32.3. The lowest BCUT2D eigenvalue weighted by molar-refractivity contribution is 0.313. The van der Waals surface area contributed by atoms with E-state index in [1.807, 2.05) is 12.4 Å². The van der Waals surface area contributed by atoms with Gasteiger partial charge in [-0.15, -0.1) is 0 Å². The molecular weight excluding hydrogens is 613 g/mol. The van der Waals surface area contributed by atoms with Crippen LogP contribution in [-0.4, -0.2) is 22.3 Å². The Kier molecular flexibility index (Phi) is 4.60. The normalized spacial score (nSPS) is 29.3. The highest BCUT2D eigenvalue weighted by Gasteiger charge is 2.85. The van der Waals surface area contributed by atoms with Gasteiger partial charge in [0.15, 0.2) is 11.6 Å². The highest BCUT2D eigenvalue weighted by Crippen LogP contribution is 2.84. The Hall–Kier alpha value is -5.62. The van der Waals surface area contributed by atoms with Gasteiger partial charge in [0.2, 0.25) is 0 Å². The number of nitrogens with zero attached hydrogens (tertiary/aromatic N) is 6. The van der Waals surface area contributed by atoms with Crippen LogP contribution in [0.3, 0.4) is 0 Å². The van der Waals surface area contributed by atoms with Crippen molar-refractivity contribution < 1.29 is 0 Å². The largest absolute Gasteiger partial charge is 0.318 e. The topological polar surface area (TPSA) is 38.7 Å². The molecule has 0 saturated heterocycles. The van der Waals surface area contributed by atoms with E-state index in [-0.39, 0.29) is 23.2 Å². The molecule has 7 heterocycles. The van der Waals surface area contributed by atoms with Crippen molar-refractivity contribution in [3.8, 4) is 0 Å². The van der Waals surface area contributed by atoms with Crippen molar-refractivity contribution in [3.63, 3.8) is 0 Å². The second-order valence-corrected chi connectivity index (χ2v) is 15.5. The van der Waals surface area contributed by atoms with Crippen molar-refractivity contribution in [2.75, 3.05) is 19.6 Å². The summed E-state index contributed by atoms with van der Waals surface area (Å²) in [5, 5.41) is 0. The van der Waals surface area contributed by atoms with E-state index in [1.54, 1.807) is 0 Å². The molecule has 1 fully saturated rings. The van der Waals surface area contributed by atoms with E-state index in [9.17, 15) is 0 Å². The molecular formula is C44H34N6. The van der Waals surface area contributed by atoms with Crippen LogP contribution in [0.2, 0.25) is 0 Å². The van der Waals surface area contributed by atoms with Crippen molar-refractivity contribution in [3.05, 3.63) is 156 Å². The van der Waals surface area contributed by atoms with E-state index >= 15 is 0 Å². The van der Waals surface area contributed by atoms with Crippen molar-refractivity contribution in [2.45, 2.75) is 49.3 Å². The molecule has 6 aliphatic heterocycles. The molecule has 6 heteroatoms. The summed E-state index contributed by atoms with van der Waals surface area (Å²) < 4.78 is 0. The van der Waals surface area contributed by atoms with E-state index in [2.05, 4.69) is 141 Å². The van der Waals surface area contributed by atoms with Gasteiger partial charge in [-0.25, -0.2) is 9.97 Å². The molecule has 2 spiro atoms. The molecule has 0 amide bonds. The number of hydrogen-bond acceptors (Lipinski definition) is 6. The Morgan fingerprint density at radius 1 is 0.580 bits per heavy atom. The van der Waals surface area contributed by atoms with Gasteiger partial charge in [-0.05, 0) is 108 Å². The number of fused-ring (bicyclic) bond motifs is 14. The minimum absolute atomic E-state index is 0.0593. The maximum absolute atomic E-state index is 5.13. The van der Waals surface area contributed by atoms with Crippen LogP contribution in [0.5, 0.6) is 0 Å². The Bertz CT molecular complexity index is 2430. The minimum Gasteiger partial charge on any atom is -0.318 e. The maximum Gasteiger partial charge on any atom is 0.178 e. The van der Waals surface area contributed by atoms with Crippen LogP contribution in [0.15, 0.2) is 134 Å². The van der Waals surface area contributed by atoms with Crippen LogP contribution in [0.4, 0.5) is 45.8 Å². The molecule has 240 valence electrons. The molecule has 4 bridgehead atoms. The first kappa shape index (κ1) is 26.3. The van der Waals surface area contributed by atoms with Crippen molar-refractivity contribution in [2.24, 2.45) is 11.3 Å². The Morgan fingerprint density at radius 2 is 1.26 bits per heavy atom. The summed E-state index contributed by atoms with van der Waals surface area (Å²) in [5.74, 6) is 2.88. The van der Waals surface area contributed by atoms with Crippen LogP contribution in [0, 0.1) is 11.3 Å². The van der Waals surface area contributed by atoms with E-state index in [1.165, 1.54) is 56.4 Å². The van der Waals surface area contributed by atoms with E-state index in [0.717, 1.165) is 37.3 Å². The predicted octanol–water partition coefficient (Wildman–Crippen LogP) is 9.27. The summed E-state index contributed by atoms with van der Waals surface area (Å²) in [5.41, 5.74) is 13.6. The van der Waals surface area contributed by atoms with Crippen LogP contribution in [0.25, 0.3) is 0 Å². The Balaban J connectivity index is 1.10. The standard InChI is InChI=1S/C44H34N6/c1-2-8-29(9-3-1)47-36-12-6-7-13-37(36)49-35-11-5-4-10-33(35)43(21-20-38(47)49)39-32-25-28-16-19-34(31(32)24-28)50-41-40(45-22-23-46-41)48-30-17-14-27(15-18-30)26-44(39,43)42(48)50/h1-19,22-24,32,38-39,42H,20-21,25-26H2. The molecule has 6 aromatic rings. The highest BCUT2D eigenvalue weighted by molar-refractivity contribution is 5.92. The van der Waals surface area contributed by atoms with Gasteiger partial charge >= 0.3 is 0 Å². The third kappa shape index (κ3) is 2.82. The van der Waals surface area contributed by atoms with Crippen LogP contribution in [-0.2, 0) is 18.3 Å². The molecule has 1 saturated carbocycles. The molecule has 2 aliphatic carbocycles.